The summed E-state index contributed by atoms with van der Waals surface area (Å²) >= 11 is 6.18. The van der Waals surface area contributed by atoms with Crippen molar-refractivity contribution >= 4 is 11.6 Å². The molecule has 0 heterocycles. The molecule has 0 saturated carbocycles. The van der Waals surface area contributed by atoms with Crippen LogP contribution in [0.15, 0.2) is 12.1 Å². The third kappa shape index (κ3) is 2.99. The highest BCUT2D eigenvalue weighted by Crippen LogP contribution is 2.26. The lowest BCUT2D eigenvalue weighted by atomic mass is 10.0. The molecule has 1 aromatic carbocycles. The van der Waals surface area contributed by atoms with Crippen molar-refractivity contribution in [3.8, 4) is 12.3 Å². The molecular formula is C13H16ClN. The smallest absolute Gasteiger partial charge is 0.0578 e. The second kappa shape index (κ2) is 5.21. The van der Waals surface area contributed by atoms with Crippen LogP contribution in [0.25, 0.3) is 0 Å². The maximum atomic E-state index is 6.18. The molecule has 80 valence electrons. The highest BCUT2D eigenvalue weighted by Gasteiger charge is 2.09. The lowest BCUT2D eigenvalue weighted by molar-refractivity contribution is 0.623. The zero-order valence-corrected chi connectivity index (χ0v) is 10.2. The van der Waals surface area contributed by atoms with E-state index in [1.807, 2.05) is 6.07 Å². The van der Waals surface area contributed by atoms with Crippen LogP contribution >= 0.6 is 11.6 Å². The van der Waals surface area contributed by atoms with Crippen LogP contribution in [0, 0.1) is 26.2 Å². The fourth-order valence-electron chi connectivity index (χ4n) is 1.46. The third-order valence-corrected chi connectivity index (χ3v) is 2.92. The summed E-state index contributed by atoms with van der Waals surface area (Å²) < 4.78 is 0. The largest absolute Gasteiger partial charge is 0.300 e. The van der Waals surface area contributed by atoms with Crippen LogP contribution in [0.3, 0.4) is 0 Å². The van der Waals surface area contributed by atoms with Crippen molar-refractivity contribution in [2.75, 3.05) is 6.54 Å². The van der Waals surface area contributed by atoms with Gasteiger partial charge < -0.3 is 0 Å². The van der Waals surface area contributed by atoms with Gasteiger partial charge in [-0.2, -0.15) is 0 Å². The first-order chi connectivity index (χ1) is 7.06. The van der Waals surface area contributed by atoms with Crippen LogP contribution in [-0.4, -0.2) is 6.54 Å². The number of benzene rings is 1. The van der Waals surface area contributed by atoms with Crippen molar-refractivity contribution in [1.82, 2.24) is 5.32 Å². The summed E-state index contributed by atoms with van der Waals surface area (Å²) in [6.45, 7) is 6.77. The van der Waals surface area contributed by atoms with Crippen LogP contribution in [0.4, 0.5) is 0 Å². The fourth-order valence-corrected chi connectivity index (χ4v) is 1.84. The predicted octanol–water partition coefficient (Wildman–Crippen LogP) is 3.24. The first-order valence-electron chi connectivity index (χ1n) is 4.99. The Hall–Kier alpha value is -0.970. The Labute approximate surface area is 96.8 Å². The van der Waals surface area contributed by atoms with E-state index < -0.39 is 0 Å². The Morgan fingerprint density at radius 2 is 2.00 bits per heavy atom. The molecule has 1 N–H and O–H groups in total. The van der Waals surface area contributed by atoms with Gasteiger partial charge in [-0.25, -0.2) is 0 Å². The van der Waals surface area contributed by atoms with E-state index in [1.54, 1.807) is 0 Å². The predicted molar refractivity (Wildman–Crippen MR) is 66.2 cm³/mol. The van der Waals surface area contributed by atoms with E-state index in [0.29, 0.717) is 6.54 Å². The van der Waals surface area contributed by atoms with Gasteiger partial charge in [-0.05, 0) is 43.5 Å². The third-order valence-electron chi connectivity index (χ3n) is 2.59. The van der Waals surface area contributed by atoms with Crippen molar-refractivity contribution in [3.63, 3.8) is 0 Å². The van der Waals surface area contributed by atoms with Gasteiger partial charge in [0.15, 0.2) is 0 Å². The number of rotatable bonds is 3. The molecule has 0 fully saturated rings. The van der Waals surface area contributed by atoms with Gasteiger partial charge in [-0.1, -0.05) is 23.6 Å². The average molecular weight is 222 g/mol. The summed E-state index contributed by atoms with van der Waals surface area (Å²) in [5, 5.41) is 4.02. The van der Waals surface area contributed by atoms with Gasteiger partial charge in [0.2, 0.25) is 0 Å². The Morgan fingerprint density at radius 3 is 2.60 bits per heavy atom. The minimum absolute atomic E-state index is 0.188. The standard InChI is InChI=1S/C13H16ClN/c1-5-6-15-11(4)12-7-9(2)10(3)8-13(12)14/h1,7-8,11,15H,6H2,2-4H3. The SMILES string of the molecule is C#CCNC(C)c1cc(C)c(C)cc1Cl. The quantitative estimate of drug-likeness (QED) is 0.773. The minimum atomic E-state index is 0.188. The summed E-state index contributed by atoms with van der Waals surface area (Å²) in [5.41, 5.74) is 3.58. The lowest BCUT2D eigenvalue weighted by Crippen LogP contribution is -2.19. The van der Waals surface area contributed by atoms with Gasteiger partial charge in [0.1, 0.15) is 0 Å². The normalized spacial score (nSPS) is 12.2. The molecule has 0 amide bonds. The van der Waals surface area contributed by atoms with Crippen LogP contribution in [-0.2, 0) is 0 Å². The van der Waals surface area contributed by atoms with E-state index in [9.17, 15) is 0 Å². The van der Waals surface area contributed by atoms with E-state index in [-0.39, 0.29) is 6.04 Å². The molecule has 0 aromatic heterocycles. The Bertz CT molecular complexity index is 390. The molecular weight excluding hydrogens is 206 g/mol. The van der Waals surface area contributed by atoms with Gasteiger partial charge in [0.25, 0.3) is 0 Å². The molecule has 0 radical (unpaired) electrons. The van der Waals surface area contributed by atoms with Crippen molar-refractivity contribution in [2.45, 2.75) is 26.8 Å². The average Bonchev–Trinajstić information content (AvgIpc) is 2.20. The molecule has 0 bridgehead atoms. The fraction of sp³-hybridized carbons (Fsp3) is 0.385. The number of hydrogen-bond acceptors (Lipinski definition) is 1. The van der Waals surface area contributed by atoms with E-state index in [2.05, 4.69) is 38.1 Å². The molecule has 1 unspecified atom stereocenters. The maximum absolute atomic E-state index is 6.18. The van der Waals surface area contributed by atoms with Crippen LogP contribution in [0.1, 0.15) is 29.7 Å². The van der Waals surface area contributed by atoms with Crippen molar-refractivity contribution in [3.05, 3.63) is 33.8 Å². The molecule has 0 spiro atoms. The molecule has 2 heteroatoms. The molecule has 15 heavy (non-hydrogen) atoms. The molecule has 0 aliphatic rings. The van der Waals surface area contributed by atoms with Gasteiger partial charge in [0, 0.05) is 11.1 Å². The van der Waals surface area contributed by atoms with Crippen LogP contribution in [0.5, 0.6) is 0 Å². The number of hydrogen-bond donors (Lipinski definition) is 1. The van der Waals surface area contributed by atoms with Crippen molar-refractivity contribution < 1.29 is 0 Å². The van der Waals surface area contributed by atoms with Gasteiger partial charge in [-0.3, -0.25) is 5.32 Å². The van der Waals surface area contributed by atoms with Gasteiger partial charge in [-0.15, -0.1) is 6.42 Å². The lowest BCUT2D eigenvalue weighted by Gasteiger charge is -2.15. The minimum Gasteiger partial charge on any atom is -0.300 e. The second-order valence-corrected chi connectivity index (χ2v) is 4.17. The topological polar surface area (TPSA) is 12.0 Å². The molecule has 0 saturated heterocycles. The summed E-state index contributed by atoms with van der Waals surface area (Å²) in [6, 6.07) is 4.31. The highest BCUT2D eigenvalue weighted by molar-refractivity contribution is 6.31. The maximum Gasteiger partial charge on any atom is 0.0578 e. The van der Waals surface area contributed by atoms with E-state index in [1.165, 1.54) is 11.1 Å². The summed E-state index contributed by atoms with van der Waals surface area (Å²) in [5.74, 6) is 2.56. The molecule has 0 aliphatic carbocycles. The molecule has 1 nitrogen and oxygen atoms in total. The first-order valence-corrected chi connectivity index (χ1v) is 5.37. The number of aryl methyl sites for hydroxylation is 2. The number of halogens is 1. The highest BCUT2D eigenvalue weighted by atomic mass is 35.5. The summed E-state index contributed by atoms with van der Waals surface area (Å²) in [4.78, 5) is 0. The second-order valence-electron chi connectivity index (χ2n) is 3.76. The monoisotopic (exact) mass is 221 g/mol. The molecule has 0 aliphatic heterocycles. The zero-order chi connectivity index (χ0) is 11.4. The van der Waals surface area contributed by atoms with Crippen LogP contribution < -0.4 is 5.32 Å². The summed E-state index contributed by atoms with van der Waals surface area (Å²) in [6.07, 6.45) is 5.20. The number of terminal acetylenes is 1. The first kappa shape index (κ1) is 12.1. The van der Waals surface area contributed by atoms with E-state index >= 15 is 0 Å². The van der Waals surface area contributed by atoms with Crippen molar-refractivity contribution in [1.29, 1.82) is 0 Å². The molecule has 1 atom stereocenters. The van der Waals surface area contributed by atoms with Crippen LogP contribution in [0.2, 0.25) is 5.02 Å². The van der Waals surface area contributed by atoms with Gasteiger partial charge in [0.05, 0.1) is 6.54 Å². The Morgan fingerprint density at radius 1 is 1.40 bits per heavy atom. The van der Waals surface area contributed by atoms with E-state index in [0.717, 1.165) is 10.6 Å². The van der Waals surface area contributed by atoms with Crippen molar-refractivity contribution in [2.24, 2.45) is 0 Å². The summed E-state index contributed by atoms with van der Waals surface area (Å²) in [7, 11) is 0. The molecule has 1 aromatic rings. The Kier molecular flexibility index (Phi) is 4.20. The Balaban J connectivity index is 2.94. The number of nitrogens with one attached hydrogen (secondary N) is 1. The van der Waals surface area contributed by atoms with E-state index in [4.69, 9.17) is 18.0 Å². The zero-order valence-electron chi connectivity index (χ0n) is 9.39. The molecule has 1 rings (SSSR count). The van der Waals surface area contributed by atoms with Gasteiger partial charge >= 0.3 is 0 Å².